The fourth-order valence-electron chi connectivity index (χ4n) is 6.01. The van der Waals surface area contributed by atoms with Crippen molar-refractivity contribution in [3.05, 3.63) is 112 Å². The number of rotatable bonds is 12. The van der Waals surface area contributed by atoms with E-state index < -0.39 is 11.9 Å². The number of dihydropyridines is 1. The summed E-state index contributed by atoms with van der Waals surface area (Å²) >= 11 is 0. The SMILES string of the molecule is COc1ccc(C2CC(=O)C3=C(C2)NC(C)=C(C(=O)OCCOC(C)C)C3c2cccc(OCc3ccccc3)c2)cc1OC. The lowest BCUT2D eigenvalue weighted by molar-refractivity contribution is -0.141. The zero-order valence-corrected chi connectivity index (χ0v) is 26.6. The zero-order valence-electron chi connectivity index (χ0n) is 26.6. The molecule has 1 aliphatic heterocycles. The van der Waals surface area contributed by atoms with Crippen molar-refractivity contribution in [3.8, 4) is 17.2 Å². The molecule has 0 fully saturated rings. The van der Waals surface area contributed by atoms with Gasteiger partial charge in [-0.25, -0.2) is 4.79 Å². The lowest BCUT2D eigenvalue weighted by Crippen LogP contribution is -2.36. The van der Waals surface area contributed by atoms with Crippen LogP contribution in [0.5, 0.6) is 17.2 Å². The van der Waals surface area contributed by atoms with Crippen LogP contribution in [0.3, 0.4) is 0 Å². The maximum absolute atomic E-state index is 14.1. The predicted molar refractivity (Wildman–Crippen MR) is 171 cm³/mol. The first-order valence-electron chi connectivity index (χ1n) is 15.3. The molecule has 236 valence electrons. The molecule has 3 aromatic carbocycles. The van der Waals surface area contributed by atoms with Crippen LogP contribution >= 0.6 is 0 Å². The summed E-state index contributed by atoms with van der Waals surface area (Å²) in [7, 11) is 3.20. The normalized spacial score (nSPS) is 18.0. The first-order chi connectivity index (χ1) is 21.8. The maximum atomic E-state index is 14.1. The van der Waals surface area contributed by atoms with E-state index in [0.717, 1.165) is 22.4 Å². The molecule has 8 heteroatoms. The summed E-state index contributed by atoms with van der Waals surface area (Å²) in [5.74, 6) is 0.720. The van der Waals surface area contributed by atoms with Gasteiger partial charge in [-0.05, 0) is 74.1 Å². The molecule has 1 aliphatic carbocycles. The number of ether oxygens (including phenoxy) is 5. The minimum absolute atomic E-state index is 0.0231. The molecule has 0 bridgehead atoms. The number of hydrogen-bond donors (Lipinski definition) is 1. The van der Waals surface area contributed by atoms with Crippen molar-refractivity contribution in [2.75, 3.05) is 27.4 Å². The van der Waals surface area contributed by atoms with Crippen LogP contribution in [0.2, 0.25) is 0 Å². The highest BCUT2D eigenvalue weighted by Gasteiger charge is 2.41. The Bertz CT molecular complexity index is 1590. The molecule has 8 nitrogen and oxygen atoms in total. The summed E-state index contributed by atoms with van der Waals surface area (Å²) in [4.78, 5) is 27.8. The number of carbonyl (C=O) groups excluding carboxylic acids is 2. The van der Waals surface area contributed by atoms with Crippen LogP contribution in [0, 0.1) is 0 Å². The lowest BCUT2D eigenvalue weighted by Gasteiger charge is -2.37. The number of esters is 1. The molecular weight excluding hydrogens is 570 g/mol. The van der Waals surface area contributed by atoms with Gasteiger partial charge in [0, 0.05) is 29.3 Å². The molecule has 0 amide bonds. The Morgan fingerprint density at radius 1 is 0.889 bits per heavy atom. The van der Waals surface area contributed by atoms with Crippen molar-refractivity contribution in [1.29, 1.82) is 0 Å². The fourth-order valence-corrected chi connectivity index (χ4v) is 6.01. The third-order valence-electron chi connectivity index (χ3n) is 8.13. The van der Waals surface area contributed by atoms with Gasteiger partial charge < -0.3 is 29.0 Å². The second kappa shape index (κ2) is 14.5. The molecule has 2 atom stereocenters. The number of carbonyl (C=O) groups is 2. The highest BCUT2D eigenvalue weighted by Crippen LogP contribution is 2.47. The molecule has 0 radical (unpaired) electrons. The van der Waals surface area contributed by atoms with Gasteiger partial charge in [0.05, 0.1) is 32.5 Å². The van der Waals surface area contributed by atoms with Crippen molar-refractivity contribution in [1.82, 2.24) is 5.32 Å². The molecule has 0 saturated carbocycles. The van der Waals surface area contributed by atoms with E-state index in [0.29, 0.717) is 53.5 Å². The van der Waals surface area contributed by atoms with E-state index in [2.05, 4.69) is 5.32 Å². The van der Waals surface area contributed by atoms with E-state index in [1.165, 1.54) is 0 Å². The molecule has 2 unspecified atom stereocenters. The minimum Gasteiger partial charge on any atom is -0.493 e. The number of ketones is 1. The van der Waals surface area contributed by atoms with Crippen LogP contribution in [0.25, 0.3) is 0 Å². The maximum Gasteiger partial charge on any atom is 0.336 e. The van der Waals surface area contributed by atoms with Crippen LogP contribution in [-0.2, 0) is 25.7 Å². The average molecular weight is 612 g/mol. The van der Waals surface area contributed by atoms with Crippen molar-refractivity contribution < 1.29 is 33.3 Å². The van der Waals surface area contributed by atoms with E-state index in [4.69, 9.17) is 23.7 Å². The van der Waals surface area contributed by atoms with Crippen LogP contribution in [0.4, 0.5) is 0 Å². The predicted octanol–water partition coefficient (Wildman–Crippen LogP) is 6.61. The standard InChI is InChI=1S/C37H41NO7/c1-23(2)43-16-17-44-37(40)34-24(3)38-30-19-28(26-14-15-32(41-4)33(21-26)42-5)20-31(39)36(30)35(34)27-12-9-13-29(18-27)45-22-25-10-7-6-8-11-25/h6-15,18,21,23,28,35,38H,16-17,19-20,22H2,1-5H3. The van der Waals surface area contributed by atoms with Gasteiger partial charge in [0.2, 0.25) is 0 Å². The third-order valence-corrected chi connectivity index (χ3v) is 8.13. The first-order valence-corrected chi connectivity index (χ1v) is 15.3. The van der Waals surface area contributed by atoms with Crippen LogP contribution in [-0.4, -0.2) is 45.3 Å². The number of nitrogens with one attached hydrogen (secondary N) is 1. The average Bonchev–Trinajstić information content (AvgIpc) is 3.05. The van der Waals surface area contributed by atoms with Gasteiger partial charge in [-0.15, -0.1) is 0 Å². The van der Waals surface area contributed by atoms with Crippen molar-refractivity contribution >= 4 is 11.8 Å². The largest absolute Gasteiger partial charge is 0.493 e. The molecule has 1 N–H and O–H groups in total. The summed E-state index contributed by atoms with van der Waals surface area (Å²) in [5, 5.41) is 3.42. The van der Waals surface area contributed by atoms with E-state index in [-0.39, 0.29) is 31.0 Å². The molecule has 5 rings (SSSR count). The van der Waals surface area contributed by atoms with Crippen LogP contribution in [0.15, 0.2) is 95.3 Å². The van der Waals surface area contributed by atoms with Crippen molar-refractivity contribution in [2.24, 2.45) is 0 Å². The Labute approximate surface area is 265 Å². The Hall–Kier alpha value is -4.56. The summed E-state index contributed by atoms with van der Waals surface area (Å²) in [6.45, 7) is 6.52. The second-order valence-electron chi connectivity index (χ2n) is 11.5. The molecule has 3 aromatic rings. The number of allylic oxidation sites excluding steroid dienone is 3. The van der Waals surface area contributed by atoms with Gasteiger partial charge in [0.25, 0.3) is 0 Å². The zero-order chi connectivity index (χ0) is 31.9. The Kier molecular flexibility index (Phi) is 10.2. The van der Waals surface area contributed by atoms with Gasteiger partial charge in [-0.2, -0.15) is 0 Å². The minimum atomic E-state index is -0.612. The van der Waals surface area contributed by atoms with Gasteiger partial charge in [0.15, 0.2) is 17.3 Å². The van der Waals surface area contributed by atoms with Gasteiger partial charge in [-0.3, -0.25) is 4.79 Å². The molecule has 0 saturated heterocycles. The van der Waals surface area contributed by atoms with Gasteiger partial charge >= 0.3 is 5.97 Å². The van der Waals surface area contributed by atoms with Crippen molar-refractivity contribution in [2.45, 2.75) is 58.2 Å². The monoisotopic (exact) mass is 611 g/mol. The Balaban J connectivity index is 1.48. The van der Waals surface area contributed by atoms with E-state index >= 15 is 0 Å². The molecule has 2 aliphatic rings. The summed E-state index contributed by atoms with van der Waals surface area (Å²) in [5.41, 5.74) is 5.28. The molecule has 1 heterocycles. The summed E-state index contributed by atoms with van der Waals surface area (Å²) in [6.07, 6.45) is 0.915. The Morgan fingerprint density at radius 2 is 1.67 bits per heavy atom. The van der Waals surface area contributed by atoms with Gasteiger partial charge in [0.1, 0.15) is 19.0 Å². The quantitative estimate of drug-likeness (QED) is 0.181. The molecule has 0 spiro atoms. The lowest BCUT2D eigenvalue weighted by atomic mass is 9.71. The highest BCUT2D eigenvalue weighted by atomic mass is 16.6. The molecule has 45 heavy (non-hydrogen) atoms. The van der Waals surface area contributed by atoms with Gasteiger partial charge in [-0.1, -0.05) is 48.5 Å². The van der Waals surface area contributed by atoms with Crippen LogP contribution < -0.4 is 19.5 Å². The number of Topliss-reactive ketones (excluding diaryl/α,β-unsaturated/α-hetero) is 1. The molecular formula is C37H41NO7. The summed E-state index contributed by atoms with van der Waals surface area (Å²) < 4.78 is 28.4. The number of hydrogen-bond acceptors (Lipinski definition) is 8. The smallest absolute Gasteiger partial charge is 0.336 e. The first kappa shape index (κ1) is 31.9. The molecule has 0 aromatic heterocycles. The van der Waals surface area contributed by atoms with E-state index in [9.17, 15) is 9.59 Å². The van der Waals surface area contributed by atoms with Crippen molar-refractivity contribution in [3.63, 3.8) is 0 Å². The summed E-state index contributed by atoms with van der Waals surface area (Å²) in [6, 6.07) is 23.3. The van der Waals surface area contributed by atoms with E-state index in [1.807, 2.05) is 93.6 Å². The highest BCUT2D eigenvalue weighted by molar-refractivity contribution is 6.04. The van der Waals surface area contributed by atoms with E-state index in [1.54, 1.807) is 14.2 Å². The number of benzene rings is 3. The van der Waals surface area contributed by atoms with Crippen LogP contribution in [0.1, 0.15) is 62.1 Å². The Morgan fingerprint density at radius 3 is 2.40 bits per heavy atom. The third kappa shape index (κ3) is 7.40. The fraction of sp³-hybridized carbons (Fsp3) is 0.351. The topological polar surface area (TPSA) is 92.3 Å². The second-order valence-corrected chi connectivity index (χ2v) is 11.5. The number of methoxy groups -OCH3 is 2.